The number of nitrogens with one attached hydrogen (secondary N) is 1. The monoisotopic (exact) mass is 375 g/mol. The molecule has 3 aromatic rings. The number of ether oxygens (including phenoxy) is 1. The van der Waals surface area contributed by atoms with Gasteiger partial charge in [0.15, 0.2) is 5.58 Å². The van der Waals surface area contributed by atoms with Gasteiger partial charge in [0.25, 0.3) is 0 Å². The Morgan fingerprint density at radius 1 is 1.18 bits per heavy atom. The van der Waals surface area contributed by atoms with Gasteiger partial charge in [-0.3, -0.25) is 0 Å². The van der Waals surface area contributed by atoms with Crippen molar-refractivity contribution in [3.63, 3.8) is 0 Å². The molecule has 4 rings (SSSR count). The molecule has 0 saturated carbocycles. The third kappa shape index (κ3) is 4.02. The number of piperidine rings is 1. The van der Waals surface area contributed by atoms with E-state index in [4.69, 9.17) is 14.5 Å². The van der Waals surface area contributed by atoms with E-state index < -0.39 is 0 Å². The molecule has 0 radical (unpaired) electrons. The number of benzene rings is 2. The summed E-state index contributed by atoms with van der Waals surface area (Å²) in [5, 5.41) is 17.7. The Morgan fingerprint density at radius 2 is 1.96 bits per heavy atom. The van der Waals surface area contributed by atoms with E-state index in [2.05, 4.69) is 22.6 Å². The van der Waals surface area contributed by atoms with Crippen molar-refractivity contribution >= 4 is 11.0 Å². The summed E-state index contributed by atoms with van der Waals surface area (Å²) in [5.74, 6) is 1.59. The molecule has 144 valence electrons. The molecule has 0 amide bonds. The molecule has 28 heavy (non-hydrogen) atoms. The second-order valence-corrected chi connectivity index (χ2v) is 7.52. The van der Waals surface area contributed by atoms with Crippen molar-refractivity contribution in [1.82, 2.24) is 10.5 Å². The normalized spacial score (nSPS) is 14.9. The highest BCUT2D eigenvalue weighted by Gasteiger charge is 2.17. The molecule has 1 fully saturated rings. The van der Waals surface area contributed by atoms with Gasteiger partial charge in [0, 0.05) is 10.9 Å². The summed E-state index contributed by atoms with van der Waals surface area (Å²) < 4.78 is 11.7. The summed E-state index contributed by atoms with van der Waals surface area (Å²) in [6.45, 7) is 4.72. The highest BCUT2D eigenvalue weighted by atomic mass is 16.5. The molecule has 5 nitrogen and oxygen atoms in total. The lowest BCUT2D eigenvalue weighted by Gasteiger charge is -2.21. The third-order valence-corrected chi connectivity index (χ3v) is 5.64. The summed E-state index contributed by atoms with van der Waals surface area (Å²) in [6.07, 6.45) is 4.63. The van der Waals surface area contributed by atoms with Crippen molar-refractivity contribution in [3.8, 4) is 11.8 Å². The first kappa shape index (κ1) is 18.5. The fourth-order valence-electron chi connectivity index (χ4n) is 3.85. The van der Waals surface area contributed by atoms with Crippen LogP contribution in [0.5, 0.6) is 5.75 Å². The fourth-order valence-corrected chi connectivity index (χ4v) is 3.85. The minimum Gasteiger partial charge on any atom is -0.488 e. The van der Waals surface area contributed by atoms with Gasteiger partial charge in [0.1, 0.15) is 12.4 Å². The molecule has 1 aliphatic rings. The van der Waals surface area contributed by atoms with E-state index in [0.717, 1.165) is 59.0 Å². The Morgan fingerprint density at radius 3 is 2.71 bits per heavy atom. The number of aryl methyl sites for hydroxylation is 2. The Kier molecular flexibility index (Phi) is 5.59. The van der Waals surface area contributed by atoms with Crippen molar-refractivity contribution in [2.75, 3.05) is 13.1 Å². The molecule has 0 aliphatic carbocycles. The van der Waals surface area contributed by atoms with E-state index >= 15 is 0 Å². The quantitative estimate of drug-likeness (QED) is 0.686. The summed E-state index contributed by atoms with van der Waals surface area (Å²) in [5.41, 5.74) is 4.53. The summed E-state index contributed by atoms with van der Waals surface area (Å²) in [7, 11) is 0. The maximum Gasteiger partial charge on any atom is 0.173 e. The van der Waals surface area contributed by atoms with Gasteiger partial charge in [-0.25, -0.2) is 0 Å². The van der Waals surface area contributed by atoms with Crippen LogP contribution in [0, 0.1) is 24.2 Å². The van der Waals surface area contributed by atoms with Gasteiger partial charge < -0.3 is 14.6 Å². The third-order valence-electron chi connectivity index (χ3n) is 5.64. The van der Waals surface area contributed by atoms with E-state index in [0.29, 0.717) is 12.2 Å². The Balaban J connectivity index is 1.44. The number of hydrogen-bond donors (Lipinski definition) is 1. The van der Waals surface area contributed by atoms with Crippen LogP contribution in [-0.2, 0) is 13.0 Å². The van der Waals surface area contributed by atoms with Crippen LogP contribution in [0.15, 0.2) is 40.9 Å². The van der Waals surface area contributed by atoms with Crippen LogP contribution in [0.1, 0.15) is 41.6 Å². The van der Waals surface area contributed by atoms with Gasteiger partial charge in [0.2, 0.25) is 0 Å². The predicted molar refractivity (Wildman–Crippen MR) is 108 cm³/mol. The average Bonchev–Trinajstić information content (AvgIpc) is 3.17. The van der Waals surface area contributed by atoms with Crippen LogP contribution >= 0.6 is 0 Å². The predicted octanol–water partition coefficient (Wildman–Crippen LogP) is 4.52. The maximum atomic E-state index is 8.89. The number of hydrogen-bond acceptors (Lipinski definition) is 5. The van der Waals surface area contributed by atoms with Crippen molar-refractivity contribution in [3.05, 3.63) is 58.8 Å². The minimum absolute atomic E-state index is 0.453. The molecular formula is C23H25N3O2. The summed E-state index contributed by atoms with van der Waals surface area (Å²) in [6, 6.07) is 13.6. The molecule has 2 heterocycles. The van der Waals surface area contributed by atoms with Crippen LogP contribution in [0.4, 0.5) is 0 Å². The molecule has 0 bridgehead atoms. The van der Waals surface area contributed by atoms with Gasteiger partial charge in [-0.2, -0.15) is 5.26 Å². The minimum atomic E-state index is 0.453. The highest BCUT2D eigenvalue weighted by Crippen LogP contribution is 2.31. The number of rotatable bonds is 6. The van der Waals surface area contributed by atoms with Crippen molar-refractivity contribution in [2.24, 2.45) is 5.92 Å². The Bertz CT molecular complexity index is 979. The van der Waals surface area contributed by atoms with Crippen LogP contribution in [0.2, 0.25) is 0 Å². The zero-order valence-corrected chi connectivity index (χ0v) is 16.2. The molecule has 1 N–H and O–H groups in total. The second kappa shape index (κ2) is 8.45. The summed E-state index contributed by atoms with van der Waals surface area (Å²) in [4.78, 5) is 0. The molecular weight excluding hydrogens is 350 g/mol. The molecule has 0 spiro atoms. The molecule has 1 aromatic heterocycles. The summed E-state index contributed by atoms with van der Waals surface area (Å²) >= 11 is 0. The van der Waals surface area contributed by atoms with Gasteiger partial charge in [-0.15, -0.1) is 0 Å². The smallest absolute Gasteiger partial charge is 0.173 e. The van der Waals surface area contributed by atoms with Crippen molar-refractivity contribution < 1.29 is 9.26 Å². The van der Waals surface area contributed by atoms with Crippen molar-refractivity contribution in [2.45, 2.75) is 39.2 Å². The number of nitriles is 1. The number of nitrogens with zero attached hydrogens (tertiary/aromatic N) is 2. The number of fused-ring (bicyclic) bond motifs is 1. The first-order valence-corrected chi connectivity index (χ1v) is 9.95. The van der Waals surface area contributed by atoms with E-state index in [9.17, 15) is 0 Å². The molecule has 5 heteroatoms. The average molecular weight is 375 g/mol. The standard InChI is InChI=1S/C23H25N3O2/c1-16-22(27-15-19-4-2-18(14-24)3-5-19)9-7-20-21(26-28-23(16)20)8-6-17-10-12-25-13-11-17/h2-5,7,9,17,25H,6,8,10-13,15H2,1H3. The first-order valence-electron chi connectivity index (χ1n) is 9.95. The van der Waals surface area contributed by atoms with Gasteiger partial charge in [-0.1, -0.05) is 17.3 Å². The highest BCUT2D eigenvalue weighted by molar-refractivity contribution is 5.84. The van der Waals surface area contributed by atoms with E-state index in [1.807, 2.05) is 25.1 Å². The first-order chi connectivity index (χ1) is 13.7. The van der Waals surface area contributed by atoms with Gasteiger partial charge in [-0.05, 0) is 81.4 Å². The zero-order valence-electron chi connectivity index (χ0n) is 16.2. The molecule has 0 unspecified atom stereocenters. The fraction of sp³-hybridized carbons (Fsp3) is 0.391. The van der Waals surface area contributed by atoms with Gasteiger partial charge in [0.05, 0.1) is 17.3 Å². The molecule has 1 saturated heterocycles. The van der Waals surface area contributed by atoms with E-state index in [-0.39, 0.29) is 0 Å². The lowest BCUT2D eigenvalue weighted by molar-refractivity contribution is 0.303. The Labute approximate surface area is 165 Å². The van der Waals surface area contributed by atoms with Crippen LogP contribution in [0.25, 0.3) is 11.0 Å². The SMILES string of the molecule is Cc1c(OCc2ccc(C#N)cc2)ccc2c(CCC3CCNCC3)noc12. The van der Waals surface area contributed by atoms with Gasteiger partial charge >= 0.3 is 0 Å². The zero-order chi connectivity index (χ0) is 19.3. The largest absolute Gasteiger partial charge is 0.488 e. The van der Waals surface area contributed by atoms with Crippen molar-refractivity contribution in [1.29, 1.82) is 5.26 Å². The molecule has 2 aromatic carbocycles. The lowest BCUT2D eigenvalue weighted by atomic mass is 9.92. The van der Waals surface area contributed by atoms with E-state index in [1.54, 1.807) is 12.1 Å². The Hall–Kier alpha value is -2.84. The lowest BCUT2D eigenvalue weighted by Crippen LogP contribution is -2.27. The molecule has 1 aliphatic heterocycles. The van der Waals surface area contributed by atoms with Crippen LogP contribution < -0.4 is 10.1 Å². The van der Waals surface area contributed by atoms with Crippen LogP contribution in [-0.4, -0.2) is 18.2 Å². The number of aromatic nitrogens is 1. The van der Waals surface area contributed by atoms with E-state index in [1.165, 1.54) is 19.3 Å². The maximum absolute atomic E-state index is 8.89. The topological polar surface area (TPSA) is 71.1 Å². The second-order valence-electron chi connectivity index (χ2n) is 7.52. The van der Waals surface area contributed by atoms with Crippen LogP contribution in [0.3, 0.4) is 0 Å². The molecule has 0 atom stereocenters.